The van der Waals surface area contributed by atoms with E-state index >= 15 is 0 Å². The summed E-state index contributed by atoms with van der Waals surface area (Å²) in [6.45, 7) is 9.52. The van der Waals surface area contributed by atoms with Gasteiger partial charge in [0.25, 0.3) is 0 Å². The molecule has 4 atom stereocenters. The van der Waals surface area contributed by atoms with Gasteiger partial charge < -0.3 is 9.84 Å². The second-order valence-corrected chi connectivity index (χ2v) is 9.37. The Morgan fingerprint density at radius 3 is 2.67 bits per heavy atom. The molecule has 0 aliphatic heterocycles. The highest BCUT2D eigenvalue weighted by Crippen LogP contribution is 2.65. The van der Waals surface area contributed by atoms with Crippen molar-refractivity contribution in [3.05, 3.63) is 11.6 Å². The van der Waals surface area contributed by atoms with Crippen LogP contribution in [0.3, 0.4) is 0 Å². The van der Waals surface area contributed by atoms with Crippen LogP contribution in [-0.2, 0) is 9.53 Å². The first-order chi connectivity index (χ1) is 11.2. The number of rotatable bonds is 2. The van der Waals surface area contributed by atoms with Crippen LogP contribution in [0, 0.1) is 22.7 Å². The van der Waals surface area contributed by atoms with E-state index < -0.39 is 5.60 Å². The third-order valence-electron chi connectivity index (χ3n) is 7.48. The Kier molecular flexibility index (Phi) is 4.61. The van der Waals surface area contributed by atoms with E-state index in [1.165, 1.54) is 19.3 Å². The van der Waals surface area contributed by atoms with Crippen LogP contribution in [0.2, 0.25) is 0 Å². The fraction of sp³-hybridized carbons (Fsp3) is 0.857. The average molecular weight is 335 g/mol. The maximum absolute atomic E-state index is 11.8. The molecule has 136 valence electrons. The average Bonchev–Trinajstić information content (AvgIpc) is 2.45. The van der Waals surface area contributed by atoms with Crippen molar-refractivity contribution in [3.63, 3.8) is 0 Å². The van der Waals surface area contributed by atoms with Gasteiger partial charge in [0.2, 0.25) is 0 Å². The molecule has 3 heteroatoms. The summed E-state index contributed by atoms with van der Waals surface area (Å²) in [6.07, 6.45) is 10.0. The van der Waals surface area contributed by atoms with Crippen molar-refractivity contribution >= 4 is 5.97 Å². The molecule has 3 aliphatic rings. The topological polar surface area (TPSA) is 46.5 Å². The Balaban J connectivity index is 1.83. The summed E-state index contributed by atoms with van der Waals surface area (Å²) in [7, 11) is 0. The molecule has 0 saturated heterocycles. The highest BCUT2D eigenvalue weighted by atomic mass is 16.5. The lowest BCUT2D eigenvalue weighted by atomic mass is 9.43. The Hall–Kier alpha value is -0.830. The molecular formula is C21H34O3. The van der Waals surface area contributed by atoms with Gasteiger partial charge in [-0.05, 0) is 74.5 Å². The fourth-order valence-corrected chi connectivity index (χ4v) is 6.58. The van der Waals surface area contributed by atoms with Crippen molar-refractivity contribution < 1.29 is 14.6 Å². The van der Waals surface area contributed by atoms with Crippen molar-refractivity contribution in [3.8, 4) is 0 Å². The third-order valence-corrected chi connectivity index (χ3v) is 7.48. The number of carbonyl (C=O) groups excluding carboxylic acids is 1. The molecule has 0 heterocycles. The molecule has 0 radical (unpaired) electrons. The van der Waals surface area contributed by atoms with Gasteiger partial charge in [-0.1, -0.05) is 32.8 Å². The second-order valence-electron chi connectivity index (χ2n) is 9.37. The summed E-state index contributed by atoms with van der Waals surface area (Å²) in [5.41, 5.74) is 1.07. The summed E-state index contributed by atoms with van der Waals surface area (Å²) in [6, 6.07) is 0. The minimum Gasteiger partial charge on any atom is -0.463 e. The van der Waals surface area contributed by atoms with Crippen LogP contribution in [0.1, 0.15) is 79.1 Å². The number of fused-ring (bicyclic) bond motifs is 3. The minimum atomic E-state index is -0.630. The molecule has 0 aromatic rings. The van der Waals surface area contributed by atoms with Crippen LogP contribution in [0.4, 0.5) is 0 Å². The first-order valence-electron chi connectivity index (χ1n) is 9.80. The van der Waals surface area contributed by atoms with Crippen LogP contribution in [0.5, 0.6) is 0 Å². The van der Waals surface area contributed by atoms with Crippen LogP contribution in [-0.4, -0.2) is 23.3 Å². The van der Waals surface area contributed by atoms with Gasteiger partial charge in [0, 0.05) is 6.08 Å². The van der Waals surface area contributed by atoms with Crippen molar-refractivity contribution in [1.82, 2.24) is 0 Å². The molecule has 3 fully saturated rings. The second kappa shape index (κ2) is 6.16. The Labute approximate surface area is 146 Å². The standard InChI is InChI=1S/C21H34O3/c1-5-24-18(22)13-15-7-8-17-20(4)11-6-10-19(2,3)16(20)9-12-21(17,23)14-15/h13,16-17,23H,5-12,14H2,1-4H3/b15-13-/t16-,17-,20-,21+/m0/s1. The molecule has 0 aromatic carbocycles. The molecule has 1 N–H and O–H groups in total. The van der Waals surface area contributed by atoms with E-state index in [1.807, 2.05) is 6.92 Å². The number of ether oxygens (including phenoxy) is 1. The molecule has 3 saturated carbocycles. The molecule has 3 aliphatic carbocycles. The van der Waals surface area contributed by atoms with E-state index in [9.17, 15) is 9.90 Å². The van der Waals surface area contributed by atoms with Gasteiger partial charge in [-0.15, -0.1) is 0 Å². The highest BCUT2D eigenvalue weighted by molar-refractivity contribution is 5.82. The van der Waals surface area contributed by atoms with E-state index in [-0.39, 0.29) is 11.4 Å². The summed E-state index contributed by atoms with van der Waals surface area (Å²) in [5, 5.41) is 11.5. The summed E-state index contributed by atoms with van der Waals surface area (Å²) < 4.78 is 5.05. The van der Waals surface area contributed by atoms with Gasteiger partial charge in [0.15, 0.2) is 0 Å². The van der Waals surface area contributed by atoms with Gasteiger partial charge in [0.05, 0.1) is 12.2 Å². The van der Waals surface area contributed by atoms with Gasteiger partial charge >= 0.3 is 5.97 Å². The predicted octanol–water partition coefficient (Wildman–Crippen LogP) is 4.63. The Morgan fingerprint density at radius 1 is 1.21 bits per heavy atom. The number of aliphatic hydroxyl groups is 1. The number of carbonyl (C=O) groups is 1. The summed E-state index contributed by atoms with van der Waals surface area (Å²) >= 11 is 0. The van der Waals surface area contributed by atoms with Gasteiger partial charge in [-0.2, -0.15) is 0 Å². The predicted molar refractivity (Wildman–Crippen MR) is 95.5 cm³/mol. The molecular weight excluding hydrogens is 300 g/mol. The van der Waals surface area contributed by atoms with Crippen LogP contribution >= 0.6 is 0 Å². The molecule has 0 spiro atoms. The fourth-order valence-electron chi connectivity index (χ4n) is 6.58. The summed E-state index contributed by atoms with van der Waals surface area (Å²) in [4.78, 5) is 11.8. The molecule has 0 amide bonds. The molecule has 0 aromatic heterocycles. The lowest BCUT2D eigenvalue weighted by molar-refractivity contribution is -0.182. The van der Waals surface area contributed by atoms with E-state index in [0.717, 1.165) is 31.3 Å². The first kappa shape index (κ1) is 18.0. The number of hydrogen-bond donors (Lipinski definition) is 1. The van der Waals surface area contributed by atoms with Crippen molar-refractivity contribution in [1.29, 1.82) is 0 Å². The van der Waals surface area contributed by atoms with Crippen LogP contribution in [0.15, 0.2) is 11.6 Å². The quantitative estimate of drug-likeness (QED) is 0.591. The molecule has 3 nitrogen and oxygen atoms in total. The van der Waals surface area contributed by atoms with Crippen molar-refractivity contribution in [2.24, 2.45) is 22.7 Å². The smallest absolute Gasteiger partial charge is 0.330 e. The van der Waals surface area contributed by atoms with E-state index in [2.05, 4.69) is 20.8 Å². The van der Waals surface area contributed by atoms with Gasteiger partial charge in [0.1, 0.15) is 0 Å². The van der Waals surface area contributed by atoms with Gasteiger partial charge in [-0.3, -0.25) is 0 Å². The van der Waals surface area contributed by atoms with Crippen LogP contribution in [0.25, 0.3) is 0 Å². The number of esters is 1. The zero-order chi connectivity index (χ0) is 17.6. The normalized spacial score (nSPS) is 43.0. The molecule has 3 rings (SSSR count). The SMILES string of the molecule is CCOC(=O)/C=C1/CC[C@@H]2[C@@](O)(CC[C@H]3C(C)(C)CCC[C@]23C)C1. The van der Waals surface area contributed by atoms with Crippen molar-refractivity contribution in [2.45, 2.75) is 84.7 Å². The molecule has 24 heavy (non-hydrogen) atoms. The monoisotopic (exact) mass is 334 g/mol. The maximum Gasteiger partial charge on any atom is 0.330 e. The van der Waals surface area contributed by atoms with Gasteiger partial charge in [-0.25, -0.2) is 4.79 Å². The highest BCUT2D eigenvalue weighted by Gasteiger charge is 2.60. The first-order valence-corrected chi connectivity index (χ1v) is 9.80. The Bertz CT molecular complexity index is 535. The lowest BCUT2D eigenvalue weighted by Crippen LogP contribution is -2.59. The zero-order valence-corrected chi connectivity index (χ0v) is 15.9. The van der Waals surface area contributed by atoms with E-state index in [0.29, 0.717) is 30.3 Å². The third kappa shape index (κ3) is 2.94. The minimum absolute atomic E-state index is 0.240. The van der Waals surface area contributed by atoms with E-state index in [1.54, 1.807) is 6.08 Å². The zero-order valence-electron chi connectivity index (χ0n) is 15.9. The number of hydrogen-bond acceptors (Lipinski definition) is 3. The largest absolute Gasteiger partial charge is 0.463 e. The maximum atomic E-state index is 11.8. The molecule has 0 bridgehead atoms. The summed E-state index contributed by atoms with van der Waals surface area (Å²) in [5.74, 6) is 0.815. The Morgan fingerprint density at radius 2 is 1.96 bits per heavy atom. The lowest BCUT2D eigenvalue weighted by Gasteiger charge is -2.63. The van der Waals surface area contributed by atoms with E-state index in [4.69, 9.17) is 4.74 Å². The van der Waals surface area contributed by atoms with Crippen molar-refractivity contribution in [2.75, 3.05) is 6.61 Å². The van der Waals surface area contributed by atoms with Crippen LogP contribution < -0.4 is 0 Å². The molecule has 0 unspecified atom stereocenters.